The summed E-state index contributed by atoms with van der Waals surface area (Å²) in [5, 5.41) is 6.12. The fourth-order valence-corrected chi connectivity index (χ4v) is 3.33. The van der Waals surface area contributed by atoms with E-state index in [1.807, 2.05) is 37.3 Å². The third kappa shape index (κ3) is 6.22. The Morgan fingerprint density at radius 3 is 2.59 bits per heavy atom. The molecule has 1 N–H and O–H groups in total. The Kier molecular flexibility index (Phi) is 6.99. The Labute approximate surface area is 164 Å². The molecule has 0 radical (unpaired) electrons. The van der Waals surface area contributed by atoms with Crippen LogP contribution in [-0.4, -0.2) is 24.0 Å². The van der Waals surface area contributed by atoms with Crippen LogP contribution >= 0.6 is 11.3 Å². The van der Waals surface area contributed by atoms with E-state index in [-0.39, 0.29) is 5.91 Å². The van der Waals surface area contributed by atoms with E-state index in [4.69, 9.17) is 4.74 Å². The number of nitrogens with zero attached hydrogens (tertiary/aromatic N) is 1. The van der Waals surface area contributed by atoms with Crippen molar-refractivity contribution in [1.82, 2.24) is 10.3 Å². The molecule has 4 nitrogen and oxygen atoms in total. The maximum Gasteiger partial charge on any atom is 0.220 e. The van der Waals surface area contributed by atoms with Gasteiger partial charge in [0.2, 0.25) is 5.91 Å². The molecule has 140 valence electrons. The van der Waals surface area contributed by atoms with E-state index in [0.29, 0.717) is 26.0 Å². The summed E-state index contributed by atoms with van der Waals surface area (Å²) in [4.78, 5) is 16.4. The molecule has 0 atom stereocenters. The van der Waals surface area contributed by atoms with Gasteiger partial charge >= 0.3 is 0 Å². The van der Waals surface area contributed by atoms with Crippen molar-refractivity contribution < 1.29 is 9.53 Å². The topological polar surface area (TPSA) is 51.2 Å². The van der Waals surface area contributed by atoms with Gasteiger partial charge in [0.15, 0.2) is 0 Å². The number of ether oxygens (including phenoxy) is 1. The molecule has 3 aromatic rings. The van der Waals surface area contributed by atoms with Gasteiger partial charge in [-0.05, 0) is 37.5 Å². The molecule has 0 aliphatic rings. The van der Waals surface area contributed by atoms with Crippen molar-refractivity contribution in [2.75, 3.05) is 13.2 Å². The number of hydrogen-bond donors (Lipinski definition) is 1. The number of carbonyl (C=O) groups is 1. The van der Waals surface area contributed by atoms with Crippen LogP contribution in [0.3, 0.4) is 0 Å². The highest BCUT2D eigenvalue weighted by atomic mass is 32.1. The van der Waals surface area contributed by atoms with Crippen LogP contribution in [0.2, 0.25) is 0 Å². The number of aryl methyl sites for hydroxylation is 1. The fraction of sp³-hybridized carbons (Fsp3) is 0.273. The van der Waals surface area contributed by atoms with Gasteiger partial charge in [0.1, 0.15) is 5.75 Å². The van der Waals surface area contributed by atoms with E-state index in [1.54, 1.807) is 11.3 Å². The van der Waals surface area contributed by atoms with Crippen molar-refractivity contribution in [3.05, 3.63) is 70.5 Å². The Bertz CT molecular complexity index is 844. The van der Waals surface area contributed by atoms with E-state index >= 15 is 0 Å². The number of benzene rings is 2. The zero-order valence-electron chi connectivity index (χ0n) is 15.5. The average Bonchev–Trinajstić information content (AvgIpc) is 3.13. The largest absolute Gasteiger partial charge is 0.494 e. The van der Waals surface area contributed by atoms with Crippen LogP contribution in [0.5, 0.6) is 5.75 Å². The van der Waals surface area contributed by atoms with Gasteiger partial charge < -0.3 is 10.1 Å². The van der Waals surface area contributed by atoms with Gasteiger partial charge in [0.05, 0.1) is 17.3 Å². The Hall–Kier alpha value is -2.66. The first kappa shape index (κ1) is 19.1. The molecule has 0 aliphatic carbocycles. The van der Waals surface area contributed by atoms with Crippen LogP contribution in [0.25, 0.3) is 11.3 Å². The predicted octanol–water partition coefficient (Wildman–Crippen LogP) is 4.64. The SMILES string of the molecule is Cc1nc(-c2ccc(CCNC(=O)CCCOc3ccccc3)cc2)cs1. The van der Waals surface area contributed by atoms with Crippen LogP contribution in [0, 0.1) is 6.92 Å². The highest BCUT2D eigenvalue weighted by molar-refractivity contribution is 7.09. The maximum atomic E-state index is 11.9. The van der Waals surface area contributed by atoms with Crippen LogP contribution < -0.4 is 10.1 Å². The molecule has 3 rings (SSSR count). The third-order valence-electron chi connectivity index (χ3n) is 4.16. The van der Waals surface area contributed by atoms with E-state index < -0.39 is 0 Å². The molecule has 0 bridgehead atoms. The summed E-state index contributed by atoms with van der Waals surface area (Å²) < 4.78 is 5.59. The molecule has 1 heterocycles. The molecule has 0 saturated heterocycles. The molecule has 0 fully saturated rings. The summed E-state index contributed by atoms with van der Waals surface area (Å²) in [6.45, 7) is 3.21. The number of thiazole rings is 1. The molecule has 5 heteroatoms. The number of rotatable bonds is 9. The zero-order valence-corrected chi connectivity index (χ0v) is 16.3. The lowest BCUT2D eigenvalue weighted by atomic mass is 10.1. The minimum absolute atomic E-state index is 0.0706. The van der Waals surface area contributed by atoms with Gasteiger partial charge in [-0.3, -0.25) is 4.79 Å². The number of nitrogens with one attached hydrogen (secondary N) is 1. The van der Waals surface area contributed by atoms with E-state index in [0.717, 1.165) is 28.4 Å². The molecule has 0 unspecified atom stereocenters. The maximum absolute atomic E-state index is 11.9. The van der Waals surface area contributed by atoms with Crippen LogP contribution in [0.4, 0.5) is 0 Å². The molecule has 1 aromatic heterocycles. The van der Waals surface area contributed by atoms with Gasteiger partial charge in [-0.25, -0.2) is 4.98 Å². The van der Waals surface area contributed by atoms with Gasteiger partial charge in [-0.1, -0.05) is 42.5 Å². The minimum Gasteiger partial charge on any atom is -0.494 e. The molecule has 2 aromatic carbocycles. The van der Waals surface area contributed by atoms with Crippen molar-refractivity contribution >= 4 is 17.2 Å². The second-order valence-corrected chi connectivity index (χ2v) is 7.38. The summed E-state index contributed by atoms with van der Waals surface area (Å²) in [6, 6.07) is 18.0. The zero-order chi connectivity index (χ0) is 18.9. The summed E-state index contributed by atoms with van der Waals surface area (Å²) in [5.41, 5.74) is 3.36. The first-order valence-electron chi connectivity index (χ1n) is 9.17. The van der Waals surface area contributed by atoms with Crippen LogP contribution in [-0.2, 0) is 11.2 Å². The second kappa shape index (κ2) is 9.88. The van der Waals surface area contributed by atoms with E-state index in [1.165, 1.54) is 5.56 Å². The number of amides is 1. The smallest absolute Gasteiger partial charge is 0.220 e. The number of para-hydroxylation sites is 1. The van der Waals surface area contributed by atoms with Gasteiger partial charge in [0, 0.05) is 23.9 Å². The second-order valence-electron chi connectivity index (χ2n) is 6.31. The number of carbonyl (C=O) groups excluding carboxylic acids is 1. The van der Waals surface area contributed by atoms with E-state index in [2.05, 4.69) is 39.9 Å². The molecule has 1 amide bonds. The lowest BCUT2D eigenvalue weighted by Crippen LogP contribution is -2.25. The Morgan fingerprint density at radius 1 is 1.11 bits per heavy atom. The Morgan fingerprint density at radius 2 is 1.89 bits per heavy atom. The number of aromatic nitrogens is 1. The average molecular weight is 381 g/mol. The van der Waals surface area contributed by atoms with Gasteiger partial charge in [-0.15, -0.1) is 11.3 Å². The van der Waals surface area contributed by atoms with Crippen LogP contribution in [0.15, 0.2) is 60.0 Å². The first-order valence-corrected chi connectivity index (χ1v) is 10.0. The predicted molar refractivity (Wildman–Crippen MR) is 110 cm³/mol. The van der Waals surface area contributed by atoms with Crippen molar-refractivity contribution in [2.45, 2.75) is 26.2 Å². The summed E-state index contributed by atoms with van der Waals surface area (Å²) in [7, 11) is 0. The standard InChI is InChI=1S/C22H24N2O2S/c1-17-24-21(16-27-17)19-11-9-18(10-12-19)13-14-23-22(25)8-5-15-26-20-6-3-2-4-7-20/h2-4,6-7,9-12,16H,5,8,13-15H2,1H3,(H,23,25). The summed E-state index contributed by atoms with van der Waals surface area (Å²) in [5.74, 6) is 0.912. The van der Waals surface area contributed by atoms with Crippen molar-refractivity contribution in [2.24, 2.45) is 0 Å². The van der Waals surface area contributed by atoms with Gasteiger partial charge in [-0.2, -0.15) is 0 Å². The van der Waals surface area contributed by atoms with Gasteiger partial charge in [0.25, 0.3) is 0 Å². The minimum atomic E-state index is 0.0706. The normalized spacial score (nSPS) is 10.6. The summed E-state index contributed by atoms with van der Waals surface area (Å²) in [6.07, 6.45) is 2.01. The summed E-state index contributed by atoms with van der Waals surface area (Å²) >= 11 is 1.66. The van der Waals surface area contributed by atoms with Crippen molar-refractivity contribution in [3.8, 4) is 17.0 Å². The molecule has 27 heavy (non-hydrogen) atoms. The van der Waals surface area contributed by atoms with Crippen LogP contribution in [0.1, 0.15) is 23.4 Å². The van der Waals surface area contributed by atoms with Crippen molar-refractivity contribution in [3.63, 3.8) is 0 Å². The highest BCUT2D eigenvalue weighted by Gasteiger charge is 2.04. The highest BCUT2D eigenvalue weighted by Crippen LogP contribution is 2.21. The third-order valence-corrected chi connectivity index (χ3v) is 4.94. The molecular formula is C22H24N2O2S. The molecule has 0 spiro atoms. The monoisotopic (exact) mass is 380 g/mol. The van der Waals surface area contributed by atoms with Crippen molar-refractivity contribution in [1.29, 1.82) is 0 Å². The lowest BCUT2D eigenvalue weighted by Gasteiger charge is -2.07. The quantitative estimate of drug-likeness (QED) is 0.550. The lowest BCUT2D eigenvalue weighted by molar-refractivity contribution is -0.121. The molecule has 0 aliphatic heterocycles. The molecule has 0 saturated carbocycles. The molecular weight excluding hydrogens is 356 g/mol. The number of hydrogen-bond acceptors (Lipinski definition) is 4. The fourth-order valence-electron chi connectivity index (χ4n) is 2.71. The Balaban J connectivity index is 1.32. The first-order chi connectivity index (χ1) is 13.2. The van der Waals surface area contributed by atoms with E-state index in [9.17, 15) is 4.79 Å².